The Morgan fingerprint density at radius 2 is 0.479 bits per heavy atom. The van der Waals surface area contributed by atoms with Gasteiger partial charge in [-0.3, -0.25) is 0 Å². The Balaban J connectivity index is 0.000000615. The molecular weight excluding hydrogens is 1000 g/mol. The van der Waals surface area contributed by atoms with Crippen molar-refractivity contribution in [3.63, 3.8) is 0 Å². The van der Waals surface area contributed by atoms with Crippen molar-refractivity contribution in [2.24, 2.45) is 0 Å². The van der Waals surface area contributed by atoms with Crippen molar-refractivity contribution in [3.8, 4) is 22.6 Å². The quantitative estimate of drug-likeness (QED) is 0.0859. The van der Waals surface area contributed by atoms with Crippen molar-refractivity contribution in [3.05, 3.63) is 256 Å². The molecule has 71 heavy (non-hydrogen) atoms. The van der Waals surface area contributed by atoms with Crippen molar-refractivity contribution in [1.29, 1.82) is 0 Å². The van der Waals surface area contributed by atoms with Crippen LogP contribution in [0.5, 0.6) is 11.5 Å². The predicted octanol–water partition coefficient (Wildman–Crippen LogP) is 11.2. The second-order valence-electron chi connectivity index (χ2n) is 20.6. The minimum atomic E-state index is -3.24. The molecule has 2 nitrogen and oxygen atoms in total. The first-order chi connectivity index (χ1) is 33.6. The molecule has 0 aromatic heterocycles. The summed E-state index contributed by atoms with van der Waals surface area (Å²) in [7, 11) is -8.21. The van der Waals surface area contributed by atoms with E-state index in [1.54, 1.807) is 0 Å². The zero-order valence-corrected chi connectivity index (χ0v) is 48.4. The minimum Gasteiger partial charge on any atom is -0.507 e. The van der Waals surface area contributed by atoms with Gasteiger partial charge in [-0.25, -0.2) is 0 Å². The second-order valence-corrected chi connectivity index (χ2v) is 38.3. The van der Waals surface area contributed by atoms with Crippen molar-refractivity contribution in [1.82, 2.24) is 0 Å². The smallest absolute Gasteiger partial charge is 0.507 e. The Bertz CT molecular complexity index is 2870. The average Bonchev–Trinajstić information content (AvgIpc) is 3.36. The first-order valence-electron chi connectivity index (χ1n) is 24.2. The number of hydrogen-bond acceptors (Lipinski definition) is 2. The van der Waals surface area contributed by atoms with Crippen LogP contribution < -0.4 is 41.5 Å². The number of hydrogen-bond donors (Lipinski definition) is 2. The van der Waals surface area contributed by atoms with E-state index in [0.717, 1.165) is 63.0 Å². The summed E-state index contributed by atoms with van der Waals surface area (Å²) in [5.74, 6) is 0.363. The van der Waals surface area contributed by atoms with Crippen LogP contribution in [-0.4, -0.2) is 42.5 Å². The molecule has 0 fully saturated rings. The van der Waals surface area contributed by atoms with Gasteiger partial charge < -0.3 is 23.3 Å². The molecule has 10 aromatic carbocycles. The van der Waals surface area contributed by atoms with Crippen molar-refractivity contribution in [2.75, 3.05) is 0 Å². The maximum atomic E-state index is 13.6. The van der Waals surface area contributed by atoms with Crippen molar-refractivity contribution >= 4 is 95.3 Å². The van der Waals surface area contributed by atoms with Gasteiger partial charge in [-0.05, 0) is 63.0 Å². The topological polar surface area (TPSA) is 40.5 Å². The summed E-state index contributed by atoms with van der Waals surface area (Å²) in [6.45, 7) is 21.1. The molecule has 0 bridgehead atoms. The van der Waals surface area contributed by atoms with Crippen LogP contribution in [0.15, 0.2) is 243 Å². The first kappa shape index (κ1) is 52.9. The summed E-state index contributed by atoms with van der Waals surface area (Å²) >= 11 is 0. The molecule has 0 amide bonds. The fourth-order valence-electron chi connectivity index (χ4n) is 9.81. The molecule has 352 valence electrons. The van der Waals surface area contributed by atoms with Gasteiger partial charge in [-0.1, -0.05) is 282 Å². The monoisotopic (exact) mass is 1070 g/mol. The van der Waals surface area contributed by atoms with Crippen LogP contribution in [0.2, 0.25) is 39.3 Å². The van der Waals surface area contributed by atoms with Gasteiger partial charge in [0.15, 0.2) is 16.1 Å². The van der Waals surface area contributed by atoms with Crippen LogP contribution in [0.25, 0.3) is 32.7 Å². The Morgan fingerprint density at radius 3 is 0.690 bits per heavy atom. The third-order valence-corrected chi connectivity index (χ3v) is 21.9. The molecule has 0 radical (unpaired) electrons. The number of benzene rings is 10. The van der Waals surface area contributed by atoms with E-state index in [-0.39, 0.29) is 37.7 Å². The maximum Gasteiger partial charge on any atom is 2.00 e. The molecule has 0 aliphatic heterocycles. The van der Waals surface area contributed by atoms with E-state index in [9.17, 15) is 10.2 Å². The van der Waals surface area contributed by atoms with Gasteiger partial charge in [0.2, 0.25) is 0 Å². The molecule has 0 atom stereocenters. The van der Waals surface area contributed by atoms with E-state index in [1.165, 1.54) is 0 Å². The molecule has 2 N–H and O–H groups in total. The van der Waals surface area contributed by atoms with E-state index in [4.69, 9.17) is 0 Å². The maximum absolute atomic E-state index is 13.6. The zero-order chi connectivity index (χ0) is 49.5. The van der Waals surface area contributed by atoms with E-state index >= 15 is 0 Å². The molecule has 0 heterocycles. The van der Waals surface area contributed by atoms with Crippen LogP contribution in [0, 0.1) is 13.1 Å². The molecule has 0 aliphatic rings. The Labute approximate surface area is 445 Å². The van der Waals surface area contributed by atoms with Crippen LogP contribution in [-0.2, 0) is 26.2 Å². The number of fused-ring (bicyclic) bond motifs is 2. The van der Waals surface area contributed by atoms with E-state index in [0.29, 0.717) is 11.1 Å². The fourth-order valence-corrected chi connectivity index (χ4v) is 19.5. The van der Waals surface area contributed by atoms with Crippen molar-refractivity contribution in [2.45, 2.75) is 39.3 Å². The number of aromatic hydroxyl groups is 2. The predicted molar refractivity (Wildman–Crippen MR) is 315 cm³/mol. The standard InChI is InChI=1S/C56H42O2Si2.2C4H11Si.Zr/c57-55-51(59(43-25-7-1-8-26-43,44-27-9-2-10-28-44)45-29-11-3-12-30-45)39-41-23-19-21-37-49(41)53(55)54-50-38-22-20-24-42(50)40-52(56(54)58)60(46-31-13-4-14-32-46,47-33-15-5-16-34-47)48-35-17-6-18-36-48;2*1-5(2,3)4;/h1-40,57-58H;2*1H2,2-4H3;/q;2*-1;+2. The average molecular weight is 1070 g/mol. The molecular formula is C64H64O2Si4Zr. The Kier molecular flexibility index (Phi) is 16.9. The van der Waals surface area contributed by atoms with Gasteiger partial charge in [0.05, 0.1) is 0 Å². The van der Waals surface area contributed by atoms with Gasteiger partial charge >= 0.3 is 26.2 Å². The van der Waals surface area contributed by atoms with Crippen LogP contribution in [0.4, 0.5) is 0 Å². The normalized spacial score (nSPS) is 11.7. The summed E-state index contributed by atoms with van der Waals surface area (Å²) in [6.07, 6.45) is 0. The summed E-state index contributed by atoms with van der Waals surface area (Å²) in [6, 6.07) is 85.2. The molecule has 10 rings (SSSR count). The molecule has 10 aromatic rings. The third-order valence-electron chi connectivity index (χ3n) is 12.3. The van der Waals surface area contributed by atoms with E-state index < -0.39 is 32.3 Å². The number of rotatable bonds is 9. The zero-order valence-electron chi connectivity index (χ0n) is 41.9. The van der Waals surface area contributed by atoms with Crippen LogP contribution in [0.3, 0.4) is 0 Å². The number of phenols is 2. The largest absolute Gasteiger partial charge is 2.00 e. The van der Waals surface area contributed by atoms with E-state index in [2.05, 4.69) is 283 Å². The summed E-state index contributed by atoms with van der Waals surface area (Å²) in [5.41, 5.74) is 1.27. The molecule has 7 heteroatoms. The van der Waals surface area contributed by atoms with Gasteiger partial charge in [0.1, 0.15) is 11.5 Å². The van der Waals surface area contributed by atoms with Crippen LogP contribution in [0.1, 0.15) is 0 Å². The summed E-state index contributed by atoms with van der Waals surface area (Å²) in [5, 5.41) is 39.7. The Morgan fingerprint density at radius 1 is 0.296 bits per heavy atom. The van der Waals surface area contributed by atoms with Gasteiger partial charge in [-0.15, -0.1) is 16.1 Å². The molecule has 0 saturated heterocycles. The summed E-state index contributed by atoms with van der Waals surface area (Å²) in [4.78, 5) is 0. The van der Waals surface area contributed by atoms with Gasteiger partial charge in [0.25, 0.3) is 0 Å². The molecule has 0 unspecified atom stereocenters. The molecule has 0 aliphatic carbocycles. The Hall–Kier alpha value is -5.93. The molecule has 0 saturated carbocycles. The SMILES string of the molecule is Oc1c([Si](c2ccccc2)(c2ccccc2)c2ccccc2)cc2ccccc2c1-c1c(O)c([Si](c2ccccc2)(c2ccccc2)c2ccccc2)cc2ccccc12.[CH2-][Si](C)(C)C.[CH2-][Si](C)(C)C.[Zr+2]. The van der Waals surface area contributed by atoms with Crippen molar-refractivity contribution < 1.29 is 36.4 Å². The second kappa shape index (κ2) is 22.7. The minimum absolute atomic E-state index is 0. The van der Waals surface area contributed by atoms with Gasteiger partial charge in [0, 0.05) is 11.1 Å². The summed E-state index contributed by atoms with van der Waals surface area (Å²) < 4.78 is 0. The molecule has 0 spiro atoms. The first-order valence-corrected chi connectivity index (χ1v) is 35.6. The fraction of sp³-hybridized carbons (Fsp3) is 0.0938. The third kappa shape index (κ3) is 11.3. The van der Waals surface area contributed by atoms with Gasteiger partial charge in [-0.2, -0.15) is 0 Å². The van der Waals surface area contributed by atoms with Crippen LogP contribution >= 0.6 is 0 Å². The van der Waals surface area contributed by atoms with E-state index in [1.807, 2.05) is 12.1 Å². The number of phenolic OH excluding ortho intramolecular Hbond substituents is 2.